The molecule has 1 fully saturated rings. The first-order chi connectivity index (χ1) is 7.63. The molecule has 0 unspecified atom stereocenters. The van der Waals surface area contributed by atoms with Gasteiger partial charge in [0.05, 0.1) is 0 Å². The van der Waals surface area contributed by atoms with Crippen LogP contribution >= 0.6 is 12.6 Å². The molecule has 1 saturated heterocycles. The zero-order chi connectivity index (χ0) is 12.0. The average molecular weight is 240 g/mol. The Labute approximate surface area is 103 Å². The van der Waals surface area contributed by atoms with Gasteiger partial charge in [-0.05, 0) is 45.3 Å². The Balaban J connectivity index is 2.39. The normalized spacial score (nSPS) is 20.3. The van der Waals surface area contributed by atoms with Gasteiger partial charge in [0.15, 0.2) is 0 Å². The van der Waals surface area contributed by atoms with Gasteiger partial charge < -0.3 is 10.2 Å². The molecule has 1 rings (SSSR count). The van der Waals surface area contributed by atoms with Gasteiger partial charge in [0.1, 0.15) is 0 Å². The van der Waals surface area contributed by atoms with Crippen molar-refractivity contribution in [1.82, 2.24) is 10.2 Å². The lowest BCUT2D eigenvalue weighted by atomic mass is 10.1. The average Bonchev–Trinajstić information content (AvgIpc) is 2.29. The van der Waals surface area contributed by atoms with Crippen molar-refractivity contribution in [2.24, 2.45) is 0 Å². The van der Waals surface area contributed by atoms with E-state index in [2.05, 4.69) is 29.9 Å². The van der Waals surface area contributed by atoms with E-state index in [-0.39, 0.29) is 5.91 Å². The molecular weight excluding hydrogens is 220 g/mol. The molecule has 16 heavy (non-hydrogen) atoms. The van der Waals surface area contributed by atoms with Crippen molar-refractivity contribution in [3.63, 3.8) is 0 Å². The number of thiol groups is 1. The zero-order valence-corrected chi connectivity index (χ0v) is 10.8. The Hall–Kier alpha value is -0.740. The Morgan fingerprint density at radius 2 is 2.06 bits per heavy atom. The van der Waals surface area contributed by atoms with Crippen LogP contribution in [0.3, 0.4) is 0 Å². The maximum atomic E-state index is 11.7. The summed E-state index contributed by atoms with van der Waals surface area (Å²) < 4.78 is 0. The summed E-state index contributed by atoms with van der Waals surface area (Å²) >= 11 is 3.94. The van der Waals surface area contributed by atoms with E-state index in [9.17, 15) is 4.79 Å². The monoisotopic (exact) mass is 240 g/mol. The van der Waals surface area contributed by atoms with E-state index in [1.165, 1.54) is 0 Å². The van der Waals surface area contributed by atoms with Crippen LogP contribution in [0.5, 0.6) is 0 Å². The molecule has 1 N–H and O–H groups in total. The van der Waals surface area contributed by atoms with E-state index in [0.29, 0.717) is 6.04 Å². The first kappa shape index (κ1) is 13.3. The van der Waals surface area contributed by atoms with Gasteiger partial charge in [-0.1, -0.05) is 12.2 Å². The molecule has 1 aliphatic heterocycles. The summed E-state index contributed by atoms with van der Waals surface area (Å²) in [5, 5.41) is 4.67. The molecule has 3 nitrogen and oxygen atoms in total. The fraction of sp³-hybridized carbons (Fsp3) is 0.583. The molecule has 0 aromatic heterocycles. The Morgan fingerprint density at radius 3 is 2.62 bits per heavy atom. The van der Waals surface area contributed by atoms with Crippen LogP contribution in [-0.4, -0.2) is 37.0 Å². The Morgan fingerprint density at radius 1 is 1.44 bits per heavy atom. The molecule has 0 radical (unpaired) electrons. The third-order valence-corrected chi connectivity index (χ3v) is 3.02. The van der Waals surface area contributed by atoms with Crippen LogP contribution in [0.15, 0.2) is 23.1 Å². The summed E-state index contributed by atoms with van der Waals surface area (Å²) in [6.07, 6.45) is 5.61. The number of nitrogens with zero attached hydrogens (tertiary/aromatic N) is 1. The fourth-order valence-corrected chi connectivity index (χ4v) is 1.80. The molecule has 0 atom stereocenters. The fourth-order valence-electron chi connectivity index (χ4n) is 1.72. The minimum atomic E-state index is 0.0287. The molecule has 4 heteroatoms. The van der Waals surface area contributed by atoms with Crippen LogP contribution in [-0.2, 0) is 4.79 Å². The van der Waals surface area contributed by atoms with Gasteiger partial charge in [0, 0.05) is 11.6 Å². The molecule has 1 heterocycles. The third-order valence-electron chi connectivity index (χ3n) is 2.84. The maximum absolute atomic E-state index is 11.7. The van der Waals surface area contributed by atoms with Crippen LogP contribution in [0.4, 0.5) is 0 Å². The van der Waals surface area contributed by atoms with Gasteiger partial charge in [-0.2, -0.15) is 12.6 Å². The Kier molecular flexibility index (Phi) is 5.63. The van der Waals surface area contributed by atoms with Gasteiger partial charge in [-0.15, -0.1) is 0 Å². The topological polar surface area (TPSA) is 32.3 Å². The van der Waals surface area contributed by atoms with E-state index in [4.69, 9.17) is 0 Å². The molecule has 90 valence electrons. The highest BCUT2D eigenvalue weighted by Crippen LogP contribution is 2.09. The number of hydrogen-bond donors (Lipinski definition) is 2. The smallest absolute Gasteiger partial charge is 0.247 e. The predicted molar refractivity (Wildman–Crippen MR) is 70.5 cm³/mol. The highest BCUT2D eigenvalue weighted by atomic mass is 32.1. The van der Waals surface area contributed by atoms with Gasteiger partial charge in [-0.3, -0.25) is 4.79 Å². The van der Waals surface area contributed by atoms with Crippen molar-refractivity contribution in [2.75, 3.05) is 20.1 Å². The standard InChI is InChI=1S/C12H20N2OS/c1-10(4-3-9-16)12(15)13-11-5-7-14(2)8-6-11/h3-4,9,11,16H,5-8H2,1-2H3,(H,13,15)/b9-3-,10-4+. The second-order valence-corrected chi connectivity index (χ2v) is 4.54. The summed E-state index contributed by atoms with van der Waals surface area (Å²) in [5.74, 6) is 0.0287. The van der Waals surface area contributed by atoms with E-state index < -0.39 is 0 Å². The Bertz CT molecular complexity index is 291. The third kappa shape index (κ3) is 4.41. The number of hydrogen-bond acceptors (Lipinski definition) is 3. The molecule has 0 spiro atoms. The lowest BCUT2D eigenvalue weighted by Gasteiger charge is -2.29. The maximum Gasteiger partial charge on any atom is 0.247 e. The van der Waals surface area contributed by atoms with E-state index in [1.54, 1.807) is 17.6 Å². The summed E-state index contributed by atoms with van der Waals surface area (Å²) in [4.78, 5) is 14.0. The van der Waals surface area contributed by atoms with Crippen LogP contribution in [0.1, 0.15) is 19.8 Å². The number of amides is 1. The number of nitrogens with one attached hydrogen (secondary N) is 1. The van der Waals surface area contributed by atoms with Crippen molar-refractivity contribution in [3.05, 3.63) is 23.1 Å². The molecule has 1 amide bonds. The van der Waals surface area contributed by atoms with Crippen molar-refractivity contribution in [2.45, 2.75) is 25.8 Å². The van der Waals surface area contributed by atoms with Gasteiger partial charge in [0.25, 0.3) is 0 Å². The van der Waals surface area contributed by atoms with Crippen LogP contribution < -0.4 is 5.32 Å². The second kappa shape index (κ2) is 6.76. The van der Waals surface area contributed by atoms with Crippen molar-refractivity contribution < 1.29 is 4.79 Å². The van der Waals surface area contributed by atoms with Crippen LogP contribution in [0.2, 0.25) is 0 Å². The molecule has 0 aliphatic carbocycles. The second-order valence-electron chi connectivity index (χ2n) is 4.24. The van der Waals surface area contributed by atoms with Crippen molar-refractivity contribution in [1.29, 1.82) is 0 Å². The van der Waals surface area contributed by atoms with Gasteiger partial charge in [0.2, 0.25) is 5.91 Å². The first-order valence-corrected chi connectivity index (χ1v) is 6.12. The number of carbonyl (C=O) groups is 1. The minimum absolute atomic E-state index is 0.0287. The minimum Gasteiger partial charge on any atom is -0.349 e. The number of likely N-dealkylation sites (tertiary alicyclic amines) is 1. The molecular formula is C12H20N2OS. The van der Waals surface area contributed by atoms with Crippen LogP contribution in [0, 0.1) is 0 Å². The number of rotatable bonds is 3. The number of allylic oxidation sites excluding steroid dienone is 2. The lowest BCUT2D eigenvalue weighted by molar-refractivity contribution is -0.118. The zero-order valence-electron chi connectivity index (χ0n) is 9.94. The van der Waals surface area contributed by atoms with Gasteiger partial charge >= 0.3 is 0 Å². The summed E-state index contributed by atoms with van der Waals surface area (Å²) in [6, 6.07) is 0.326. The molecule has 1 aliphatic rings. The quantitative estimate of drug-likeness (QED) is 0.446. The highest BCUT2D eigenvalue weighted by molar-refractivity contribution is 7.83. The summed E-state index contributed by atoms with van der Waals surface area (Å²) in [7, 11) is 2.11. The highest BCUT2D eigenvalue weighted by Gasteiger charge is 2.18. The van der Waals surface area contributed by atoms with E-state index in [1.807, 2.05) is 6.92 Å². The molecule has 0 aromatic rings. The molecule has 0 aromatic carbocycles. The SMILES string of the molecule is C/C(=C\C=C/S)C(=O)NC1CCN(C)CC1. The number of piperidine rings is 1. The largest absolute Gasteiger partial charge is 0.349 e. The number of carbonyl (C=O) groups excluding carboxylic acids is 1. The lowest BCUT2D eigenvalue weighted by Crippen LogP contribution is -2.43. The van der Waals surface area contributed by atoms with E-state index in [0.717, 1.165) is 31.5 Å². The predicted octanol–water partition coefficient (Wildman–Crippen LogP) is 1.59. The molecule has 0 bridgehead atoms. The molecule has 0 saturated carbocycles. The van der Waals surface area contributed by atoms with Crippen molar-refractivity contribution in [3.8, 4) is 0 Å². The van der Waals surface area contributed by atoms with Crippen LogP contribution in [0.25, 0.3) is 0 Å². The van der Waals surface area contributed by atoms with Crippen molar-refractivity contribution >= 4 is 18.5 Å². The summed E-state index contributed by atoms with van der Waals surface area (Å²) in [6.45, 7) is 3.94. The van der Waals surface area contributed by atoms with E-state index >= 15 is 0 Å². The summed E-state index contributed by atoms with van der Waals surface area (Å²) in [5.41, 5.74) is 0.726. The first-order valence-electron chi connectivity index (χ1n) is 5.60. The van der Waals surface area contributed by atoms with Gasteiger partial charge in [-0.25, -0.2) is 0 Å².